The van der Waals surface area contributed by atoms with Crippen LogP contribution >= 0.6 is 0 Å². The van der Waals surface area contributed by atoms with Crippen molar-refractivity contribution in [1.29, 1.82) is 0 Å². The first kappa shape index (κ1) is 20.5. The Labute approximate surface area is 176 Å². The minimum atomic E-state index is -0.427. The number of carbonyl (C=O) groups is 2. The van der Waals surface area contributed by atoms with Crippen LogP contribution in [0.2, 0.25) is 0 Å². The SMILES string of the molecule is O=C(CC(c1ccc(F)cc1)N1Cc2ccccc2C1=O)NCCCN1CCCC1. The molecule has 0 radical (unpaired) electrons. The van der Waals surface area contributed by atoms with E-state index in [1.54, 1.807) is 17.0 Å². The maximum atomic E-state index is 13.5. The zero-order valence-corrected chi connectivity index (χ0v) is 17.1. The second-order valence-electron chi connectivity index (χ2n) is 8.11. The van der Waals surface area contributed by atoms with Crippen molar-refractivity contribution >= 4 is 11.8 Å². The van der Waals surface area contributed by atoms with Crippen molar-refractivity contribution in [3.05, 3.63) is 71.0 Å². The van der Waals surface area contributed by atoms with Crippen molar-refractivity contribution in [3.8, 4) is 0 Å². The number of halogens is 1. The molecule has 0 spiro atoms. The van der Waals surface area contributed by atoms with Crippen LogP contribution in [-0.4, -0.2) is 47.8 Å². The molecule has 2 aromatic carbocycles. The highest BCUT2D eigenvalue weighted by atomic mass is 19.1. The van der Waals surface area contributed by atoms with E-state index >= 15 is 0 Å². The number of nitrogens with zero attached hydrogens (tertiary/aromatic N) is 2. The summed E-state index contributed by atoms with van der Waals surface area (Å²) >= 11 is 0. The molecule has 2 aliphatic heterocycles. The Kier molecular flexibility index (Phi) is 6.43. The molecule has 158 valence electrons. The number of rotatable bonds is 8. The topological polar surface area (TPSA) is 52.7 Å². The smallest absolute Gasteiger partial charge is 0.255 e. The average Bonchev–Trinajstić information content (AvgIpc) is 3.39. The number of fused-ring (bicyclic) bond motifs is 1. The standard InChI is InChI=1S/C24H28FN3O2/c25-20-10-8-18(9-11-20)22(28-17-19-6-1-2-7-21(19)24(28)30)16-23(29)26-12-5-15-27-13-3-4-14-27/h1-2,6-11,22H,3-5,12-17H2,(H,26,29). The lowest BCUT2D eigenvalue weighted by molar-refractivity contribution is -0.122. The molecular formula is C24H28FN3O2. The van der Waals surface area contributed by atoms with Crippen molar-refractivity contribution in [2.45, 2.75) is 38.3 Å². The van der Waals surface area contributed by atoms with E-state index in [2.05, 4.69) is 10.2 Å². The fourth-order valence-corrected chi connectivity index (χ4v) is 4.41. The van der Waals surface area contributed by atoms with Gasteiger partial charge in [0.15, 0.2) is 0 Å². The minimum absolute atomic E-state index is 0.0817. The monoisotopic (exact) mass is 409 g/mol. The molecule has 6 heteroatoms. The van der Waals surface area contributed by atoms with Gasteiger partial charge in [0.2, 0.25) is 5.91 Å². The summed E-state index contributed by atoms with van der Waals surface area (Å²) in [4.78, 5) is 29.8. The maximum absolute atomic E-state index is 13.5. The van der Waals surface area contributed by atoms with E-state index < -0.39 is 6.04 Å². The normalized spacial score (nSPS) is 17.2. The molecule has 30 heavy (non-hydrogen) atoms. The van der Waals surface area contributed by atoms with Gasteiger partial charge in [-0.1, -0.05) is 30.3 Å². The largest absolute Gasteiger partial charge is 0.356 e. The number of amides is 2. The maximum Gasteiger partial charge on any atom is 0.255 e. The van der Waals surface area contributed by atoms with Crippen LogP contribution < -0.4 is 5.32 Å². The molecule has 1 atom stereocenters. The Morgan fingerprint density at radius 1 is 1.07 bits per heavy atom. The molecule has 0 aromatic heterocycles. The summed E-state index contributed by atoms with van der Waals surface area (Å²) < 4.78 is 13.5. The summed E-state index contributed by atoms with van der Waals surface area (Å²) in [6.07, 6.45) is 3.60. The quantitative estimate of drug-likeness (QED) is 0.679. The highest BCUT2D eigenvalue weighted by Gasteiger charge is 2.34. The lowest BCUT2D eigenvalue weighted by atomic mass is 10.0. The number of likely N-dealkylation sites (tertiary alicyclic amines) is 1. The van der Waals surface area contributed by atoms with Gasteiger partial charge in [0.25, 0.3) is 5.91 Å². The molecule has 2 aliphatic rings. The Hall–Kier alpha value is -2.73. The highest BCUT2D eigenvalue weighted by molar-refractivity contribution is 5.98. The summed E-state index contributed by atoms with van der Waals surface area (Å²) in [5, 5.41) is 3.00. The number of carbonyl (C=O) groups excluding carboxylic acids is 2. The fourth-order valence-electron chi connectivity index (χ4n) is 4.41. The van der Waals surface area contributed by atoms with Crippen molar-refractivity contribution in [2.75, 3.05) is 26.2 Å². The molecule has 4 rings (SSSR count). The fraction of sp³-hybridized carbons (Fsp3) is 0.417. The number of nitrogens with one attached hydrogen (secondary N) is 1. The van der Waals surface area contributed by atoms with Crippen LogP contribution in [0.4, 0.5) is 4.39 Å². The highest BCUT2D eigenvalue weighted by Crippen LogP contribution is 2.33. The summed E-state index contributed by atoms with van der Waals surface area (Å²) in [5.74, 6) is -0.504. The number of benzene rings is 2. The minimum Gasteiger partial charge on any atom is -0.356 e. The van der Waals surface area contributed by atoms with Crippen LogP contribution in [0.15, 0.2) is 48.5 Å². The van der Waals surface area contributed by atoms with Crippen LogP contribution in [0.3, 0.4) is 0 Å². The lowest BCUT2D eigenvalue weighted by Crippen LogP contribution is -2.35. The lowest BCUT2D eigenvalue weighted by Gasteiger charge is -2.28. The van der Waals surface area contributed by atoms with Gasteiger partial charge in [0, 0.05) is 18.7 Å². The second-order valence-corrected chi connectivity index (χ2v) is 8.11. The van der Waals surface area contributed by atoms with Gasteiger partial charge < -0.3 is 15.1 Å². The van der Waals surface area contributed by atoms with Crippen molar-refractivity contribution in [2.24, 2.45) is 0 Å². The molecule has 1 fully saturated rings. The van der Waals surface area contributed by atoms with E-state index in [1.807, 2.05) is 24.3 Å². The summed E-state index contributed by atoms with van der Waals surface area (Å²) in [6.45, 7) is 4.39. The third kappa shape index (κ3) is 4.70. The predicted octanol–water partition coefficient (Wildman–Crippen LogP) is 3.52. The Bertz CT molecular complexity index is 894. The summed E-state index contributed by atoms with van der Waals surface area (Å²) in [7, 11) is 0. The van der Waals surface area contributed by atoms with Gasteiger partial charge in [-0.3, -0.25) is 9.59 Å². The molecule has 1 unspecified atom stereocenters. The van der Waals surface area contributed by atoms with E-state index in [1.165, 1.54) is 25.0 Å². The van der Waals surface area contributed by atoms with Crippen LogP contribution in [-0.2, 0) is 11.3 Å². The Morgan fingerprint density at radius 3 is 2.53 bits per heavy atom. The van der Waals surface area contributed by atoms with E-state index in [4.69, 9.17) is 0 Å². The first-order valence-electron chi connectivity index (χ1n) is 10.8. The summed E-state index contributed by atoms with van der Waals surface area (Å²) in [5.41, 5.74) is 2.40. The van der Waals surface area contributed by atoms with Crippen molar-refractivity contribution in [1.82, 2.24) is 15.1 Å². The zero-order chi connectivity index (χ0) is 20.9. The third-order valence-corrected chi connectivity index (χ3v) is 6.03. The Balaban J connectivity index is 1.41. The van der Waals surface area contributed by atoms with Crippen LogP contribution in [0.1, 0.15) is 53.2 Å². The molecule has 2 heterocycles. The second kappa shape index (κ2) is 9.39. The van der Waals surface area contributed by atoms with E-state index in [-0.39, 0.29) is 24.1 Å². The average molecular weight is 410 g/mol. The molecular weight excluding hydrogens is 381 g/mol. The van der Waals surface area contributed by atoms with Gasteiger partial charge >= 0.3 is 0 Å². The molecule has 5 nitrogen and oxygen atoms in total. The van der Waals surface area contributed by atoms with Gasteiger partial charge in [-0.2, -0.15) is 0 Å². The molecule has 0 aliphatic carbocycles. The number of hydrogen-bond donors (Lipinski definition) is 1. The molecule has 1 saturated heterocycles. The molecule has 2 aromatic rings. The van der Waals surface area contributed by atoms with Gasteiger partial charge in [0.05, 0.1) is 12.5 Å². The molecule has 1 N–H and O–H groups in total. The number of hydrogen-bond acceptors (Lipinski definition) is 3. The third-order valence-electron chi connectivity index (χ3n) is 6.03. The van der Waals surface area contributed by atoms with E-state index in [0.29, 0.717) is 18.7 Å². The Morgan fingerprint density at radius 2 is 1.80 bits per heavy atom. The van der Waals surface area contributed by atoms with Gasteiger partial charge in [-0.15, -0.1) is 0 Å². The van der Waals surface area contributed by atoms with Crippen LogP contribution in [0, 0.1) is 5.82 Å². The first-order valence-corrected chi connectivity index (χ1v) is 10.8. The van der Waals surface area contributed by atoms with Crippen molar-refractivity contribution < 1.29 is 14.0 Å². The zero-order valence-electron chi connectivity index (χ0n) is 17.1. The van der Waals surface area contributed by atoms with Crippen LogP contribution in [0.5, 0.6) is 0 Å². The molecule has 2 amide bonds. The van der Waals surface area contributed by atoms with Gasteiger partial charge in [-0.25, -0.2) is 4.39 Å². The van der Waals surface area contributed by atoms with E-state index in [0.717, 1.165) is 37.2 Å². The molecule has 0 saturated carbocycles. The molecule has 0 bridgehead atoms. The van der Waals surface area contributed by atoms with Gasteiger partial charge in [-0.05, 0) is 68.2 Å². The van der Waals surface area contributed by atoms with Crippen molar-refractivity contribution in [3.63, 3.8) is 0 Å². The summed E-state index contributed by atoms with van der Waals surface area (Å²) in [6, 6.07) is 13.2. The van der Waals surface area contributed by atoms with Crippen LogP contribution in [0.25, 0.3) is 0 Å². The first-order chi connectivity index (χ1) is 14.6. The van der Waals surface area contributed by atoms with Gasteiger partial charge in [0.1, 0.15) is 5.82 Å². The van der Waals surface area contributed by atoms with E-state index in [9.17, 15) is 14.0 Å². The predicted molar refractivity (Wildman–Crippen MR) is 113 cm³/mol.